The van der Waals surface area contributed by atoms with E-state index in [0.717, 1.165) is 11.1 Å². The number of likely N-dealkylation sites (tertiary alicyclic amines) is 1. The van der Waals surface area contributed by atoms with Crippen LogP contribution in [-0.4, -0.2) is 41.2 Å². The number of aliphatic hydroxyl groups is 1. The zero-order valence-corrected chi connectivity index (χ0v) is 16.9. The van der Waals surface area contributed by atoms with Crippen LogP contribution in [0.25, 0.3) is 0 Å². The van der Waals surface area contributed by atoms with Crippen molar-refractivity contribution in [2.45, 2.75) is 38.7 Å². The molecule has 0 bridgehead atoms. The van der Waals surface area contributed by atoms with Gasteiger partial charge in [0.15, 0.2) is 0 Å². The summed E-state index contributed by atoms with van der Waals surface area (Å²) < 4.78 is 19.2. The fraction of sp³-hybridized carbons (Fsp3) is 0.409. The van der Waals surface area contributed by atoms with Crippen molar-refractivity contribution in [3.63, 3.8) is 0 Å². The van der Waals surface area contributed by atoms with Gasteiger partial charge in [0.1, 0.15) is 23.8 Å². The predicted molar refractivity (Wildman–Crippen MR) is 107 cm³/mol. The molecule has 3 rings (SSSR count). The number of carbonyl (C=O) groups excluding carboxylic acids is 1. The van der Waals surface area contributed by atoms with E-state index in [0.29, 0.717) is 35.7 Å². The summed E-state index contributed by atoms with van der Waals surface area (Å²) in [5.41, 5.74) is 1.35. The van der Waals surface area contributed by atoms with E-state index in [1.54, 1.807) is 17.0 Å². The highest BCUT2D eigenvalue weighted by molar-refractivity contribution is 6.32. The van der Waals surface area contributed by atoms with E-state index >= 15 is 0 Å². The Hall–Kier alpha value is -2.11. The Bertz CT molecular complexity index is 850. The van der Waals surface area contributed by atoms with Gasteiger partial charge in [-0.15, -0.1) is 0 Å². The molecule has 0 aromatic heterocycles. The minimum atomic E-state index is -1.11. The molecule has 2 aromatic carbocycles. The molecule has 1 aliphatic rings. The van der Waals surface area contributed by atoms with Crippen molar-refractivity contribution >= 4 is 17.5 Å². The van der Waals surface area contributed by atoms with Gasteiger partial charge in [0.2, 0.25) is 5.91 Å². The van der Waals surface area contributed by atoms with E-state index in [-0.39, 0.29) is 31.3 Å². The topological polar surface area (TPSA) is 49.8 Å². The summed E-state index contributed by atoms with van der Waals surface area (Å²) in [5, 5.41) is 11.7. The van der Waals surface area contributed by atoms with Crippen LogP contribution in [0.3, 0.4) is 0 Å². The minimum Gasteiger partial charge on any atom is -0.491 e. The number of piperidine rings is 1. The second kappa shape index (κ2) is 8.50. The minimum absolute atomic E-state index is 0.0945. The molecule has 1 aliphatic heterocycles. The number of aryl methyl sites for hydroxylation is 2. The zero-order chi connectivity index (χ0) is 20.3. The number of rotatable bonds is 5. The number of halogens is 2. The Labute approximate surface area is 169 Å². The Morgan fingerprint density at radius 2 is 2.00 bits per heavy atom. The van der Waals surface area contributed by atoms with Gasteiger partial charge in [-0.3, -0.25) is 4.79 Å². The maximum Gasteiger partial charge on any atom is 0.227 e. The van der Waals surface area contributed by atoms with Crippen LogP contribution in [0.1, 0.15) is 29.5 Å². The molecule has 1 unspecified atom stereocenters. The first-order chi connectivity index (χ1) is 13.3. The van der Waals surface area contributed by atoms with Crippen LogP contribution in [0, 0.1) is 19.7 Å². The van der Waals surface area contributed by atoms with Gasteiger partial charge in [0.05, 0.1) is 13.0 Å². The SMILES string of the molecule is Cc1cc(OCC2(O)CCCN(C(=O)Cc3cccc(F)c3)C2)cc(C)c1Cl. The summed E-state index contributed by atoms with van der Waals surface area (Å²) in [7, 11) is 0. The Balaban J connectivity index is 1.62. The molecule has 4 nitrogen and oxygen atoms in total. The smallest absolute Gasteiger partial charge is 0.227 e. The van der Waals surface area contributed by atoms with Gasteiger partial charge in [-0.05, 0) is 67.6 Å². The third-order valence-corrected chi connectivity index (χ3v) is 5.67. The Morgan fingerprint density at radius 3 is 2.68 bits per heavy atom. The van der Waals surface area contributed by atoms with Crippen LogP contribution in [0.2, 0.25) is 5.02 Å². The van der Waals surface area contributed by atoms with Crippen molar-refractivity contribution in [3.8, 4) is 5.75 Å². The third-order valence-electron chi connectivity index (χ3n) is 5.07. The number of amides is 1. The molecular weight excluding hydrogens is 381 g/mol. The summed E-state index contributed by atoms with van der Waals surface area (Å²) in [6.07, 6.45) is 1.36. The molecule has 6 heteroatoms. The third kappa shape index (κ3) is 5.03. The fourth-order valence-electron chi connectivity index (χ4n) is 3.58. The number of β-amino-alcohol motifs (C(OH)–C–C–N with tert-alkyl or cyclic N) is 1. The van der Waals surface area contributed by atoms with Crippen LogP contribution in [0.15, 0.2) is 36.4 Å². The molecule has 1 heterocycles. The van der Waals surface area contributed by atoms with Crippen molar-refractivity contribution in [2.24, 2.45) is 0 Å². The quantitative estimate of drug-likeness (QED) is 0.815. The van der Waals surface area contributed by atoms with E-state index in [1.165, 1.54) is 12.1 Å². The Morgan fingerprint density at radius 1 is 1.29 bits per heavy atom. The Kier molecular flexibility index (Phi) is 6.26. The summed E-state index contributed by atoms with van der Waals surface area (Å²) in [6.45, 7) is 4.69. The molecule has 0 aliphatic carbocycles. The van der Waals surface area contributed by atoms with Crippen LogP contribution < -0.4 is 4.74 Å². The number of hydrogen-bond acceptors (Lipinski definition) is 3. The highest BCUT2D eigenvalue weighted by atomic mass is 35.5. The molecule has 28 heavy (non-hydrogen) atoms. The number of ether oxygens (including phenoxy) is 1. The van der Waals surface area contributed by atoms with E-state index in [2.05, 4.69) is 0 Å². The van der Waals surface area contributed by atoms with Crippen LogP contribution in [-0.2, 0) is 11.2 Å². The maximum absolute atomic E-state index is 13.3. The lowest BCUT2D eigenvalue weighted by atomic mass is 9.93. The molecule has 0 spiro atoms. The first-order valence-corrected chi connectivity index (χ1v) is 9.78. The zero-order valence-electron chi connectivity index (χ0n) is 16.2. The van der Waals surface area contributed by atoms with E-state index in [1.807, 2.05) is 26.0 Å². The first-order valence-electron chi connectivity index (χ1n) is 9.40. The van der Waals surface area contributed by atoms with Gasteiger partial charge in [0.25, 0.3) is 0 Å². The molecule has 0 saturated carbocycles. The first kappa shape index (κ1) is 20.6. The van der Waals surface area contributed by atoms with Crippen molar-refractivity contribution in [3.05, 3.63) is 63.9 Å². The standard InChI is InChI=1S/C22H25ClFNO3/c1-15-9-19(10-16(2)21(15)23)28-14-22(27)7-4-8-25(13-22)20(26)12-17-5-3-6-18(24)11-17/h3,5-6,9-11,27H,4,7-8,12-14H2,1-2H3. The second-order valence-corrected chi connectivity index (χ2v) is 7.99. The molecule has 1 atom stereocenters. The monoisotopic (exact) mass is 405 g/mol. The van der Waals surface area contributed by atoms with E-state index in [4.69, 9.17) is 16.3 Å². The molecule has 1 amide bonds. The van der Waals surface area contributed by atoms with Crippen molar-refractivity contribution < 1.29 is 19.0 Å². The highest BCUT2D eigenvalue weighted by Gasteiger charge is 2.36. The molecular formula is C22H25ClFNO3. The van der Waals surface area contributed by atoms with E-state index in [9.17, 15) is 14.3 Å². The number of carbonyl (C=O) groups is 1. The maximum atomic E-state index is 13.3. The van der Waals surface area contributed by atoms with Gasteiger partial charge in [0, 0.05) is 11.6 Å². The second-order valence-electron chi connectivity index (χ2n) is 7.61. The van der Waals surface area contributed by atoms with Crippen LogP contribution in [0.4, 0.5) is 4.39 Å². The lowest BCUT2D eigenvalue weighted by Gasteiger charge is -2.39. The fourth-order valence-corrected chi connectivity index (χ4v) is 3.69. The normalized spacial score (nSPS) is 19.5. The van der Waals surface area contributed by atoms with Crippen LogP contribution >= 0.6 is 11.6 Å². The summed E-state index contributed by atoms with van der Waals surface area (Å²) in [5.74, 6) is 0.167. The van der Waals surface area contributed by atoms with Crippen molar-refractivity contribution in [2.75, 3.05) is 19.7 Å². The van der Waals surface area contributed by atoms with Gasteiger partial charge >= 0.3 is 0 Å². The molecule has 2 aromatic rings. The molecule has 150 valence electrons. The summed E-state index contributed by atoms with van der Waals surface area (Å²) in [4.78, 5) is 14.2. The number of nitrogens with zero attached hydrogens (tertiary/aromatic N) is 1. The summed E-state index contributed by atoms with van der Waals surface area (Å²) in [6, 6.07) is 9.72. The number of hydrogen-bond donors (Lipinski definition) is 1. The average Bonchev–Trinajstić information content (AvgIpc) is 2.64. The van der Waals surface area contributed by atoms with Crippen molar-refractivity contribution in [1.29, 1.82) is 0 Å². The molecule has 1 saturated heterocycles. The van der Waals surface area contributed by atoms with Gasteiger partial charge in [-0.2, -0.15) is 0 Å². The van der Waals surface area contributed by atoms with Gasteiger partial charge in [-0.25, -0.2) is 4.39 Å². The average molecular weight is 406 g/mol. The lowest BCUT2D eigenvalue weighted by Crippen LogP contribution is -2.53. The van der Waals surface area contributed by atoms with Gasteiger partial charge < -0.3 is 14.7 Å². The predicted octanol–water partition coefficient (Wildman–Crippen LogP) is 4.07. The number of benzene rings is 2. The van der Waals surface area contributed by atoms with Crippen molar-refractivity contribution in [1.82, 2.24) is 4.90 Å². The largest absolute Gasteiger partial charge is 0.491 e. The molecule has 1 fully saturated rings. The summed E-state index contributed by atoms with van der Waals surface area (Å²) >= 11 is 6.18. The van der Waals surface area contributed by atoms with Crippen LogP contribution in [0.5, 0.6) is 5.75 Å². The highest BCUT2D eigenvalue weighted by Crippen LogP contribution is 2.28. The molecule has 1 N–H and O–H groups in total. The lowest BCUT2D eigenvalue weighted by molar-refractivity contribution is -0.139. The van der Waals surface area contributed by atoms with Gasteiger partial charge in [-0.1, -0.05) is 23.7 Å². The molecule has 0 radical (unpaired) electrons. The van der Waals surface area contributed by atoms with E-state index < -0.39 is 5.60 Å².